The maximum atomic E-state index is 12.5. The maximum absolute atomic E-state index is 12.5. The van der Waals surface area contributed by atoms with Gasteiger partial charge in [-0.05, 0) is 48.7 Å². The Morgan fingerprint density at radius 3 is 2.25 bits per heavy atom. The number of amides is 2. The molecule has 7 nitrogen and oxygen atoms in total. The third-order valence-electron chi connectivity index (χ3n) is 4.41. The Bertz CT molecular complexity index is 852. The van der Waals surface area contributed by atoms with Crippen LogP contribution < -0.4 is 24.8 Å². The van der Waals surface area contributed by atoms with Gasteiger partial charge in [0.1, 0.15) is 0 Å². The Morgan fingerprint density at radius 1 is 1.00 bits per heavy atom. The monoisotopic (exact) mass is 384 g/mol. The number of ether oxygens (including phenoxy) is 3. The summed E-state index contributed by atoms with van der Waals surface area (Å²) in [5.41, 5.74) is 1.81. The van der Waals surface area contributed by atoms with Crippen LogP contribution >= 0.6 is 0 Å². The second-order valence-electron chi connectivity index (χ2n) is 6.59. The van der Waals surface area contributed by atoms with Crippen LogP contribution in [0.25, 0.3) is 0 Å². The zero-order chi connectivity index (χ0) is 20.1. The number of carbonyl (C=O) groups excluding carboxylic acids is 2. The predicted molar refractivity (Wildman–Crippen MR) is 105 cm³/mol. The van der Waals surface area contributed by atoms with Crippen molar-refractivity contribution in [2.45, 2.75) is 25.3 Å². The van der Waals surface area contributed by atoms with Crippen molar-refractivity contribution < 1.29 is 23.8 Å². The molecule has 0 radical (unpaired) electrons. The fourth-order valence-corrected chi connectivity index (χ4v) is 2.86. The molecule has 0 spiro atoms. The van der Waals surface area contributed by atoms with Gasteiger partial charge in [0.05, 0.1) is 27.8 Å². The predicted octanol–water partition coefficient (Wildman–Crippen LogP) is 2.79. The van der Waals surface area contributed by atoms with Crippen LogP contribution in [0.3, 0.4) is 0 Å². The lowest BCUT2D eigenvalue weighted by Crippen LogP contribution is -2.25. The molecule has 1 aliphatic rings. The van der Waals surface area contributed by atoms with Gasteiger partial charge in [-0.2, -0.15) is 0 Å². The van der Waals surface area contributed by atoms with Crippen LogP contribution in [0.1, 0.15) is 28.8 Å². The lowest BCUT2D eigenvalue weighted by molar-refractivity contribution is -0.115. The van der Waals surface area contributed by atoms with Gasteiger partial charge in [-0.25, -0.2) is 0 Å². The van der Waals surface area contributed by atoms with Crippen LogP contribution in [0, 0.1) is 0 Å². The molecule has 28 heavy (non-hydrogen) atoms. The van der Waals surface area contributed by atoms with E-state index in [9.17, 15) is 9.59 Å². The Labute approximate surface area is 164 Å². The molecule has 2 amide bonds. The summed E-state index contributed by atoms with van der Waals surface area (Å²) in [4.78, 5) is 24.6. The minimum Gasteiger partial charge on any atom is -0.493 e. The van der Waals surface area contributed by atoms with E-state index in [1.54, 1.807) is 36.4 Å². The average Bonchev–Trinajstić information content (AvgIpc) is 3.51. The van der Waals surface area contributed by atoms with Crippen LogP contribution in [-0.2, 0) is 11.2 Å². The van der Waals surface area contributed by atoms with Gasteiger partial charge in [0.2, 0.25) is 11.7 Å². The third-order valence-corrected chi connectivity index (χ3v) is 4.41. The van der Waals surface area contributed by atoms with Crippen molar-refractivity contribution in [2.75, 3.05) is 26.6 Å². The zero-order valence-electron chi connectivity index (χ0n) is 16.2. The van der Waals surface area contributed by atoms with E-state index in [0.29, 0.717) is 28.5 Å². The molecule has 2 aromatic rings. The van der Waals surface area contributed by atoms with Crippen molar-refractivity contribution in [3.63, 3.8) is 0 Å². The molecule has 0 atom stereocenters. The summed E-state index contributed by atoms with van der Waals surface area (Å²) in [5.74, 6) is 1.12. The quantitative estimate of drug-likeness (QED) is 0.731. The molecule has 1 fully saturated rings. The molecule has 0 unspecified atom stereocenters. The van der Waals surface area contributed by atoms with E-state index in [4.69, 9.17) is 14.2 Å². The van der Waals surface area contributed by atoms with Crippen molar-refractivity contribution in [3.8, 4) is 17.2 Å². The van der Waals surface area contributed by atoms with Gasteiger partial charge in [-0.1, -0.05) is 6.07 Å². The van der Waals surface area contributed by atoms with E-state index < -0.39 is 0 Å². The lowest BCUT2D eigenvalue weighted by Gasteiger charge is -2.14. The number of carbonyl (C=O) groups is 2. The summed E-state index contributed by atoms with van der Waals surface area (Å²) in [6, 6.07) is 10.7. The summed E-state index contributed by atoms with van der Waals surface area (Å²) >= 11 is 0. The molecule has 7 heteroatoms. The largest absolute Gasteiger partial charge is 0.493 e. The highest BCUT2D eigenvalue weighted by molar-refractivity contribution is 5.97. The van der Waals surface area contributed by atoms with Crippen LogP contribution in [0.4, 0.5) is 5.69 Å². The summed E-state index contributed by atoms with van der Waals surface area (Å²) in [7, 11) is 4.58. The minimum absolute atomic E-state index is 0.120. The number of methoxy groups -OCH3 is 3. The van der Waals surface area contributed by atoms with Gasteiger partial charge >= 0.3 is 0 Å². The van der Waals surface area contributed by atoms with Gasteiger partial charge in [0.25, 0.3) is 5.91 Å². The normalized spacial score (nSPS) is 12.8. The van der Waals surface area contributed by atoms with E-state index in [1.165, 1.54) is 21.3 Å². The molecule has 0 heterocycles. The fourth-order valence-electron chi connectivity index (χ4n) is 2.86. The highest BCUT2D eigenvalue weighted by Crippen LogP contribution is 2.38. The molecule has 0 aliphatic heterocycles. The first-order chi connectivity index (χ1) is 13.5. The van der Waals surface area contributed by atoms with Crippen molar-refractivity contribution in [3.05, 3.63) is 47.5 Å². The Balaban J connectivity index is 1.69. The van der Waals surface area contributed by atoms with E-state index in [2.05, 4.69) is 10.6 Å². The van der Waals surface area contributed by atoms with E-state index in [0.717, 1.165) is 18.4 Å². The van der Waals surface area contributed by atoms with Crippen LogP contribution in [0.15, 0.2) is 36.4 Å². The number of hydrogen-bond donors (Lipinski definition) is 2. The number of hydrogen-bond acceptors (Lipinski definition) is 5. The van der Waals surface area contributed by atoms with Crippen LogP contribution in [0.2, 0.25) is 0 Å². The van der Waals surface area contributed by atoms with Gasteiger partial charge in [0, 0.05) is 17.3 Å². The number of anilines is 1. The van der Waals surface area contributed by atoms with Gasteiger partial charge in [-0.15, -0.1) is 0 Å². The highest BCUT2D eigenvalue weighted by Gasteiger charge is 2.23. The third kappa shape index (κ3) is 4.73. The van der Waals surface area contributed by atoms with Crippen molar-refractivity contribution in [1.29, 1.82) is 0 Å². The zero-order valence-corrected chi connectivity index (χ0v) is 16.2. The molecule has 2 N–H and O–H groups in total. The molecule has 0 bridgehead atoms. The van der Waals surface area contributed by atoms with Gasteiger partial charge < -0.3 is 24.8 Å². The molecule has 1 saturated carbocycles. The van der Waals surface area contributed by atoms with Crippen molar-refractivity contribution in [1.82, 2.24) is 5.32 Å². The summed E-state index contributed by atoms with van der Waals surface area (Å²) < 4.78 is 15.9. The Morgan fingerprint density at radius 2 is 1.68 bits per heavy atom. The molecule has 3 rings (SSSR count). The maximum Gasteiger partial charge on any atom is 0.251 e. The first-order valence-electron chi connectivity index (χ1n) is 9.03. The summed E-state index contributed by atoms with van der Waals surface area (Å²) in [5, 5.41) is 5.76. The average molecular weight is 384 g/mol. The second kappa shape index (κ2) is 8.65. The summed E-state index contributed by atoms with van der Waals surface area (Å²) in [6.07, 6.45) is 2.17. The van der Waals surface area contributed by atoms with E-state index >= 15 is 0 Å². The second-order valence-corrected chi connectivity index (χ2v) is 6.59. The van der Waals surface area contributed by atoms with E-state index in [1.807, 2.05) is 0 Å². The molecule has 0 aromatic heterocycles. The lowest BCUT2D eigenvalue weighted by atomic mass is 10.1. The molecule has 2 aromatic carbocycles. The number of rotatable bonds is 8. The van der Waals surface area contributed by atoms with Crippen LogP contribution in [-0.4, -0.2) is 39.2 Å². The van der Waals surface area contributed by atoms with Gasteiger partial charge in [0.15, 0.2) is 11.5 Å². The Kier molecular flexibility index (Phi) is 6.03. The molecule has 1 aliphatic carbocycles. The molecular weight excluding hydrogens is 360 g/mol. The van der Waals surface area contributed by atoms with E-state index in [-0.39, 0.29) is 24.3 Å². The van der Waals surface area contributed by atoms with Gasteiger partial charge in [-0.3, -0.25) is 9.59 Å². The first-order valence-corrected chi connectivity index (χ1v) is 9.03. The highest BCUT2D eigenvalue weighted by atomic mass is 16.5. The van der Waals surface area contributed by atoms with Crippen molar-refractivity contribution >= 4 is 17.5 Å². The summed E-state index contributed by atoms with van der Waals surface area (Å²) in [6.45, 7) is 0. The minimum atomic E-state index is -0.214. The van der Waals surface area contributed by atoms with Crippen LogP contribution in [0.5, 0.6) is 17.2 Å². The standard InChI is InChI=1S/C21H24N2O5/c1-26-17-9-13(10-18(27-2)20(17)28-3)11-19(24)22-16-6-4-5-14(12-16)21(25)23-15-7-8-15/h4-6,9-10,12,15H,7-8,11H2,1-3H3,(H,22,24)(H,23,25). The molecule has 148 valence electrons. The number of nitrogens with one attached hydrogen (secondary N) is 2. The molecule has 0 saturated heterocycles. The SMILES string of the molecule is COc1cc(CC(=O)Nc2cccc(C(=O)NC3CC3)c2)cc(OC)c1OC. The Hall–Kier alpha value is -3.22. The smallest absolute Gasteiger partial charge is 0.251 e. The topological polar surface area (TPSA) is 85.9 Å². The number of benzene rings is 2. The molecular formula is C21H24N2O5. The van der Waals surface area contributed by atoms with Crippen molar-refractivity contribution in [2.24, 2.45) is 0 Å². The fraction of sp³-hybridized carbons (Fsp3) is 0.333. The first kappa shape index (κ1) is 19.5.